The molecule has 6 nitrogen and oxygen atoms in total. The Labute approximate surface area is 164 Å². The molecule has 3 aromatic rings. The van der Waals surface area contributed by atoms with Crippen LogP contribution in [0.2, 0.25) is 0 Å². The Balaban J connectivity index is 1.61. The zero-order valence-electron chi connectivity index (χ0n) is 16.2. The third-order valence-electron chi connectivity index (χ3n) is 5.25. The van der Waals surface area contributed by atoms with E-state index in [2.05, 4.69) is 15.3 Å². The first-order valence-corrected chi connectivity index (χ1v) is 9.53. The summed E-state index contributed by atoms with van der Waals surface area (Å²) in [5.74, 6) is 2.67. The predicted molar refractivity (Wildman–Crippen MR) is 108 cm³/mol. The van der Waals surface area contributed by atoms with Gasteiger partial charge in [-0.25, -0.2) is 9.97 Å². The zero-order chi connectivity index (χ0) is 19.3. The van der Waals surface area contributed by atoms with Gasteiger partial charge in [0, 0.05) is 41.2 Å². The Bertz CT molecular complexity index is 933. The molecule has 1 aliphatic heterocycles. The summed E-state index contributed by atoms with van der Waals surface area (Å²) < 4.78 is 17.7. The lowest BCUT2D eigenvalue weighted by Gasteiger charge is -2.31. The van der Waals surface area contributed by atoms with Crippen molar-refractivity contribution in [1.82, 2.24) is 15.3 Å². The fourth-order valence-electron chi connectivity index (χ4n) is 3.89. The van der Waals surface area contributed by atoms with Crippen molar-refractivity contribution in [2.24, 2.45) is 0 Å². The molecule has 2 unspecified atom stereocenters. The summed E-state index contributed by atoms with van der Waals surface area (Å²) in [5, 5.41) is 5.46. The minimum absolute atomic E-state index is 0.00155. The molecule has 6 heteroatoms. The van der Waals surface area contributed by atoms with Crippen molar-refractivity contribution in [3.8, 4) is 11.5 Å². The topological polar surface area (TPSA) is 65.5 Å². The molecule has 0 amide bonds. The molecule has 2 heterocycles. The van der Waals surface area contributed by atoms with Crippen molar-refractivity contribution in [1.29, 1.82) is 0 Å². The summed E-state index contributed by atoms with van der Waals surface area (Å²) in [7, 11) is 3.38. The maximum atomic E-state index is 6.35. The maximum absolute atomic E-state index is 6.35. The average molecular weight is 379 g/mol. The van der Waals surface area contributed by atoms with Crippen LogP contribution in [0.3, 0.4) is 0 Å². The van der Waals surface area contributed by atoms with Crippen molar-refractivity contribution in [3.63, 3.8) is 0 Å². The van der Waals surface area contributed by atoms with Crippen LogP contribution in [-0.2, 0) is 11.3 Å². The molecule has 2 aromatic carbocycles. The predicted octanol–water partition coefficient (Wildman–Crippen LogP) is 3.31. The molecule has 0 radical (unpaired) electrons. The van der Waals surface area contributed by atoms with E-state index in [1.54, 1.807) is 26.6 Å². The standard InChI is InChI=1S/C22H25N3O3/c1-26-19-12-15(21(27-2)17-7-4-3-6-16(17)19)14-28-20-13-23-11-8-18(20)22-24-9-5-10-25-22/h3-7,9-10,12,18,20,23H,8,11,13-14H2,1-2H3. The van der Waals surface area contributed by atoms with Gasteiger partial charge in [0.25, 0.3) is 0 Å². The molecule has 1 aromatic heterocycles. The van der Waals surface area contributed by atoms with Gasteiger partial charge in [0.2, 0.25) is 0 Å². The first-order valence-electron chi connectivity index (χ1n) is 9.53. The number of nitrogens with one attached hydrogen (secondary N) is 1. The van der Waals surface area contributed by atoms with Crippen molar-refractivity contribution >= 4 is 10.8 Å². The van der Waals surface area contributed by atoms with Gasteiger partial charge in [0.15, 0.2) is 0 Å². The van der Waals surface area contributed by atoms with E-state index >= 15 is 0 Å². The van der Waals surface area contributed by atoms with E-state index in [0.29, 0.717) is 6.61 Å². The van der Waals surface area contributed by atoms with E-state index in [9.17, 15) is 0 Å². The van der Waals surface area contributed by atoms with E-state index in [1.165, 1.54) is 0 Å². The Morgan fingerprint density at radius 1 is 1.04 bits per heavy atom. The van der Waals surface area contributed by atoms with Crippen molar-refractivity contribution < 1.29 is 14.2 Å². The van der Waals surface area contributed by atoms with Crippen molar-refractivity contribution in [2.75, 3.05) is 27.3 Å². The smallest absolute Gasteiger partial charge is 0.133 e. The number of benzene rings is 2. The number of hydrogen-bond donors (Lipinski definition) is 1. The molecule has 0 spiro atoms. The fraction of sp³-hybridized carbons (Fsp3) is 0.364. The first kappa shape index (κ1) is 18.7. The highest BCUT2D eigenvalue weighted by Crippen LogP contribution is 2.37. The highest BCUT2D eigenvalue weighted by atomic mass is 16.5. The molecule has 1 fully saturated rings. The van der Waals surface area contributed by atoms with E-state index in [4.69, 9.17) is 14.2 Å². The summed E-state index contributed by atoms with van der Waals surface area (Å²) in [4.78, 5) is 8.89. The third-order valence-corrected chi connectivity index (χ3v) is 5.25. The van der Waals surface area contributed by atoms with Gasteiger partial charge >= 0.3 is 0 Å². The molecular weight excluding hydrogens is 354 g/mol. The number of nitrogens with zero attached hydrogens (tertiary/aromatic N) is 2. The zero-order valence-corrected chi connectivity index (χ0v) is 16.2. The average Bonchev–Trinajstić information content (AvgIpc) is 2.77. The lowest BCUT2D eigenvalue weighted by molar-refractivity contribution is 0.00791. The number of fused-ring (bicyclic) bond motifs is 1. The summed E-state index contributed by atoms with van der Waals surface area (Å²) in [6, 6.07) is 11.9. The Kier molecular flexibility index (Phi) is 5.69. The Morgan fingerprint density at radius 2 is 1.82 bits per heavy atom. The van der Waals surface area contributed by atoms with Crippen LogP contribution in [0.4, 0.5) is 0 Å². The summed E-state index contributed by atoms with van der Waals surface area (Å²) in [6.45, 7) is 2.14. The van der Waals surface area contributed by atoms with Gasteiger partial charge in [0.1, 0.15) is 17.3 Å². The molecule has 1 N–H and O–H groups in total. The van der Waals surface area contributed by atoms with Crippen molar-refractivity contribution in [3.05, 3.63) is 60.2 Å². The van der Waals surface area contributed by atoms with Gasteiger partial charge in [-0.05, 0) is 25.1 Å². The molecule has 146 valence electrons. The number of aromatic nitrogens is 2. The van der Waals surface area contributed by atoms with E-state index in [-0.39, 0.29) is 12.0 Å². The minimum atomic E-state index is -0.00155. The quantitative estimate of drug-likeness (QED) is 0.709. The van der Waals surface area contributed by atoms with Crippen LogP contribution in [0.5, 0.6) is 11.5 Å². The van der Waals surface area contributed by atoms with Gasteiger partial charge in [-0.2, -0.15) is 0 Å². The van der Waals surface area contributed by atoms with E-state index in [0.717, 1.165) is 53.2 Å². The van der Waals surface area contributed by atoms with Gasteiger partial charge in [-0.15, -0.1) is 0 Å². The molecule has 2 atom stereocenters. The highest BCUT2D eigenvalue weighted by Gasteiger charge is 2.29. The molecular formula is C22H25N3O3. The van der Waals surface area contributed by atoms with Crippen LogP contribution in [0.15, 0.2) is 48.8 Å². The van der Waals surface area contributed by atoms with Crippen molar-refractivity contribution in [2.45, 2.75) is 25.0 Å². The van der Waals surface area contributed by atoms with Gasteiger partial charge < -0.3 is 19.5 Å². The van der Waals surface area contributed by atoms with Crippen LogP contribution < -0.4 is 14.8 Å². The van der Waals surface area contributed by atoms with Crippen LogP contribution in [0.1, 0.15) is 23.7 Å². The molecule has 1 aliphatic rings. The molecule has 0 aliphatic carbocycles. The van der Waals surface area contributed by atoms with E-state index < -0.39 is 0 Å². The van der Waals surface area contributed by atoms with Crippen LogP contribution in [-0.4, -0.2) is 43.4 Å². The summed E-state index contributed by atoms with van der Waals surface area (Å²) >= 11 is 0. The normalized spacial score (nSPS) is 19.5. The Hall–Kier alpha value is -2.70. The third kappa shape index (κ3) is 3.66. The SMILES string of the molecule is COc1cc(COC2CNCCC2c2ncccn2)c(OC)c2ccccc12. The van der Waals surface area contributed by atoms with E-state index in [1.807, 2.05) is 36.4 Å². The number of methoxy groups -OCH3 is 2. The Morgan fingerprint density at radius 3 is 2.57 bits per heavy atom. The number of ether oxygens (including phenoxy) is 3. The lowest BCUT2D eigenvalue weighted by atomic mass is 9.94. The van der Waals surface area contributed by atoms with Crippen LogP contribution in [0.25, 0.3) is 10.8 Å². The number of hydrogen-bond acceptors (Lipinski definition) is 6. The lowest BCUT2D eigenvalue weighted by Crippen LogP contribution is -2.41. The molecule has 28 heavy (non-hydrogen) atoms. The molecule has 0 saturated carbocycles. The van der Waals surface area contributed by atoms with Gasteiger partial charge in [-0.1, -0.05) is 24.3 Å². The molecule has 1 saturated heterocycles. The second kappa shape index (κ2) is 8.54. The fourth-order valence-corrected chi connectivity index (χ4v) is 3.89. The van der Waals surface area contributed by atoms with Crippen LogP contribution in [0, 0.1) is 0 Å². The summed E-state index contributed by atoms with van der Waals surface area (Å²) in [6.07, 6.45) is 4.53. The largest absolute Gasteiger partial charge is 0.496 e. The van der Waals surface area contributed by atoms with Gasteiger partial charge in [0.05, 0.1) is 26.9 Å². The molecule has 4 rings (SSSR count). The number of piperidine rings is 1. The first-order chi connectivity index (χ1) is 13.8. The monoisotopic (exact) mass is 379 g/mol. The second-order valence-electron chi connectivity index (χ2n) is 6.87. The maximum Gasteiger partial charge on any atom is 0.133 e. The van der Waals surface area contributed by atoms with Gasteiger partial charge in [-0.3, -0.25) is 0 Å². The summed E-state index contributed by atoms with van der Waals surface area (Å²) in [5.41, 5.74) is 0.969. The highest BCUT2D eigenvalue weighted by molar-refractivity contribution is 5.94. The second-order valence-corrected chi connectivity index (χ2v) is 6.87. The minimum Gasteiger partial charge on any atom is -0.496 e. The number of rotatable bonds is 6. The van der Waals surface area contributed by atoms with Crippen LogP contribution >= 0.6 is 0 Å². The molecule has 0 bridgehead atoms.